The molecule has 1 N–H and O–H groups in total. The zero-order valence-corrected chi connectivity index (χ0v) is 15.5. The highest BCUT2D eigenvalue weighted by atomic mass is 16.5. The van der Waals surface area contributed by atoms with Gasteiger partial charge in [-0.05, 0) is 37.3 Å². The van der Waals surface area contributed by atoms with Crippen molar-refractivity contribution in [3.63, 3.8) is 0 Å². The van der Waals surface area contributed by atoms with Crippen molar-refractivity contribution in [1.82, 2.24) is 20.4 Å². The van der Waals surface area contributed by atoms with E-state index < -0.39 is 5.91 Å². The van der Waals surface area contributed by atoms with Gasteiger partial charge < -0.3 is 9.47 Å². The van der Waals surface area contributed by atoms with Crippen LogP contribution in [0.3, 0.4) is 0 Å². The lowest BCUT2D eigenvalue weighted by molar-refractivity contribution is 0.0950. The molecule has 8 heteroatoms. The van der Waals surface area contributed by atoms with Crippen LogP contribution in [-0.4, -0.2) is 40.8 Å². The molecular formula is C20H19N5O3. The summed E-state index contributed by atoms with van der Waals surface area (Å²) in [7, 11) is 1.55. The number of rotatable bonds is 7. The number of aromatic nitrogens is 3. The van der Waals surface area contributed by atoms with Crippen LogP contribution in [0.25, 0.3) is 11.3 Å². The van der Waals surface area contributed by atoms with Crippen molar-refractivity contribution in [2.24, 2.45) is 5.10 Å². The minimum atomic E-state index is -0.465. The van der Waals surface area contributed by atoms with Gasteiger partial charge in [0.05, 0.1) is 44.2 Å². The Hall–Kier alpha value is -3.81. The summed E-state index contributed by atoms with van der Waals surface area (Å²) in [6.07, 6.45) is 7.63. The molecule has 0 saturated carbocycles. The molecule has 142 valence electrons. The normalized spacial score (nSPS) is 10.6. The first kappa shape index (κ1) is 19.0. The Bertz CT molecular complexity index is 974. The molecule has 0 aliphatic heterocycles. The Balaban J connectivity index is 1.68. The Kier molecular flexibility index (Phi) is 6.25. The van der Waals surface area contributed by atoms with Crippen LogP contribution < -0.4 is 14.9 Å². The second kappa shape index (κ2) is 9.22. The summed E-state index contributed by atoms with van der Waals surface area (Å²) in [6.45, 7) is 2.52. The molecule has 8 nitrogen and oxygen atoms in total. The van der Waals surface area contributed by atoms with Crippen LogP contribution in [-0.2, 0) is 0 Å². The van der Waals surface area contributed by atoms with E-state index in [9.17, 15) is 4.79 Å². The maximum absolute atomic E-state index is 12.3. The number of methoxy groups -OCH3 is 1. The zero-order valence-electron chi connectivity index (χ0n) is 15.5. The van der Waals surface area contributed by atoms with E-state index in [0.717, 1.165) is 11.3 Å². The Labute approximate surface area is 162 Å². The number of carbonyl (C=O) groups is 1. The van der Waals surface area contributed by atoms with Gasteiger partial charge in [-0.1, -0.05) is 0 Å². The average Bonchev–Trinajstić information content (AvgIpc) is 2.75. The number of hydrazone groups is 1. The maximum atomic E-state index is 12.3. The van der Waals surface area contributed by atoms with Crippen LogP contribution >= 0.6 is 0 Å². The molecule has 1 aromatic carbocycles. The number of carbonyl (C=O) groups excluding carboxylic acids is 1. The fourth-order valence-electron chi connectivity index (χ4n) is 2.34. The summed E-state index contributed by atoms with van der Waals surface area (Å²) >= 11 is 0. The quantitative estimate of drug-likeness (QED) is 0.502. The maximum Gasteiger partial charge on any atom is 0.291 e. The lowest BCUT2D eigenvalue weighted by atomic mass is 10.1. The third kappa shape index (κ3) is 4.88. The molecule has 1 amide bonds. The van der Waals surface area contributed by atoms with E-state index in [4.69, 9.17) is 9.47 Å². The van der Waals surface area contributed by atoms with Gasteiger partial charge in [0.15, 0.2) is 0 Å². The summed E-state index contributed by atoms with van der Waals surface area (Å²) in [5.41, 5.74) is 4.69. The van der Waals surface area contributed by atoms with E-state index in [2.05, 4.69) is 25.5 Å². The highest BCUT2D eigenvalue weighted by molar-refractivity contribution is 5.93. The lowest BCUT2D eigenvalue weighted by Gasteiger charge is -2.06. The van der Waals surface area contributed by atoms with Crippen molar-refractivity contribution in [2.75, 3.05) is 13.7 Å². The number of benzene rings is 1. The van der Waals surface area contributed by atoms with E-state index in [1.165, 1.54) is 12.4 Å². The molecule has 0 spiro atoms. The number of pyridine rings is 1. The first-order valence-corrected chi connectivity index (χ1v) is 8.57. The van der Waals surface area contributed by atoms with Crippen molar-refractivity contribution < 1.29 is 14.3 Å². The molecule has 0 atom stereocenters. The number of hydrogen-bond acceptors (Lipinski definition) is 7. The smallest absolute Gasteiger partial charge is 0.291 e. The van der Waals surface area contributed by atoms with Gasteiger partial charge in [0.1, 0.15) is 17.2 Å². The zero-order chi connectivity index (χ0) is 19.8. The van der Waals surface area contributed by atoms with Gasteiger partial charge in [0, 0.05) is 17.3 Å². The monoisotopic (exact) mass is 377 g/mol. The van der Waals surface area contributed by atoms with Crippen LogP contribution in [0, 0.1) is 0 Å². The summed E-state index contributed by atoms with van der Waals surface area (Å²) in [5.74, 6) is 0.908. The molecule has 28 heavy (non-hydrogen) atoms. The first-order chi connectivity index (χ1) is 13.7. The average molecular weight is 377 g/mol. The molecule has 0 saturated heterocycles. The van der Waals surface area contributed by atoms with Crippen LogP contribution in [0.5, 0.6) is 11.5 Å². The number of nitrogens with zero attached hydrogens (tertiary/aromatic N) is 4. The van der Waals surface area contributed by atoms with Crippen molar-refractivity contribution >= 4 is 12.1 Å². The van der Waals surface area contributed by atoms with E-state index >= 15 is 0 Å². The second-order valence-electron chi connectivity index (χ2n) is 5.60. The lowest BCUT2D eigenvalue weighted by Crippen LogP contribution is -2.19. The topological polar surface area (TPSA) is 98.6 Å². The van der Waals surface area contributed by atoms with Crippen molar-refractivity contribution in [1.29, 1.82) is 0 Å². The Morgan fingerprint density at radius 2 is 1.89 bits per heavy atom. The number of ether oxygens (including phenoxy) is 2. The van der Waals surface area contributed by atoms with Gasteiger partial charge in [0.2, 0.25) is 0 Å². The fraction of sp³-hybridized carbons (Fsp3) is 0.150. The third-order valence-electron chi connectivity index (χ3n) is 3.68. The standard InChI is InChI=1S/C20H19N5O3/c1-3-28-16-6-4-15(5-7-16)18-12-22-13-19(24-18)20(26)25-23-10-14-8-17(27-2)11-21-9-14/h4-13H,3H2,1-2H3,(H,25,26). The first-order valence-electron chi connectivity index (χ1n) is 8.57. The van der Waals surface area contributed by atoms with E-state index in [1.807, 2.05) is 31.2 Å². The molecule has 0 bridgehead atoms. The van der Waals surface area contributed by atoms with Gasteiger partial charge in [-0.25, -0.2) is 10.4 Å². The summed E-state index contributed by atoms with van der Waals surface area (Å²) in [4.78, 5) is 24.8. The largest absolute Gasteiger partial charge is 0.495 e. The predicted molar refractivity (Wildman–Crippen MR) is 104 cm³/mol. The van der Waals surface area contributed by atoms with Crippen LogP contribution in [0.4, 0.5) is 0 Å². The van der Waals surface area contributed by atoms with Crippen LogP contribution in [0.1, 0.15) is 23.0 Å². The Morgan fingerprint density at radius 3 is 2.64 bits per heavy atom. The summed E-state index contributed by atoms with van der Waals surface area (Å²) in [5, 5.41) is 3.92. The van der Waals surface area contributed by atoms with Crippen molar-refractivity contribution in [2.45, 2.75) is 6.92 Å². The van der Waals surface area contributed by atoms with E-state index in [-0.39, 0.29) is 5.69 Å². The number of nitrogens with one attached hydrogen (secondary N) is 1. The highest BCUT2D eigenvalue weighted by Crippen LogP contribution is 2.20. The van der Waals surface area contributed by atoms with E-state index in [1.54, 1.807) is 31.8 Å². The molecule has 0 aliphatic rings. The minimum Gasteiger partial charge on any atom is -0.495 e. The van der Waals surface area contributed by atoms with Gasteiger partial charge in [-0.3, -0.25) is 14.8 Å². The predicted octanol–water partition coefficient (Wildman–Crippen LogP) is 2.71. The third-order valence-corrected chi connectivity index (χ3v) is 3.68. The molecule has 0 fully saturated rings. The molecule has 0 radical (unpaired) electrons. The van der Waals surface area contributed by atoms with Crippen molar-refractivity contribution in [3.8, 4) is 22.8 Å². The van der Waals surface area contributed by atoms with Gasteiger partial charge in [-0.15, -0.1) is 0 Å². The molecule has 3 rings (SSSR count). The second-order valence-corrected chi connectivity index (χ2v) is 5.60. The van der Waals surface area contributed by atoms with Crippen LogP contribution in [0.2, 0.25) is 0 Å². The number of amides is 1. The SMILES string of the molecule is CCOc1ccc(-c2cncc(C(=O)NN=Cc3cncc(OC)c3)n2)cc1. The highest BCUT2D eigenvalue weighted by Gasteiger charge is 2.09. The molecule has 0 aliphatic carbocycles. The van der Waals surface area contributed by atoms with Crippen molar-refractivity contribution in [3.05, 3.63) is 66.4 Å². The molecular weight excluding hydrogens is 358 g/mol. The van der Waals surface area contributed by atoms with Gasteiger partial charge in [-0.2, -0.15) is 5.10 Å². The number of hydrogen-bond donors (Lipinski definition) is 1. The summed E-state index contributed by atoms with van der Waals surface area (Å²) < 4.78 is 10.5. The molecule has 0 unspecified atom stereocenters. The summed E-state index contributed by atoms with van der Waals surface area (Å²) in [6, 6.07) is 9.17. The fourth-order valence-corrected chi connectivity index (χ4v) is 2.34. The van der Waals surface area contributed by atoms with Crippen LogP contribution in [0.15, 0.2) is 60.2 Å². The van der Waals surface area contributed by atoms with Gasteiger partial charge >= 0.3 is 0 Å². The molecule has 2 aromatic heterocycles. The van der Waals surface area contributed by atoms with E-state index in [0.29, 0.717) is 23.6 Å². The molecule has 3 aromatic rings. The molecule has 2 heterocycles. The van der Waals surface area contributed by atoms with Gasteiger partial charge in [0.25, 0.3) is 5.91 Å². The minimum absolute atomic E-state index is 0.160. The Morgan fingerprint density at radius 1 is 1.11 bits per heavy atom.